The topological polar surface area (TPSA) is 67.4 Å². The van der Waals surface area contributed by atoms with Crippen LogP contribution in [0.15, 0.2) is 18.2 Å². The first kappa shape index (κ1) is 14.4. The van der Waals surface area contributed by atoms with Gasteiger partial charge in [-0.25, -0.2) is 0 Å². The molecule has 0 aliphatic heterocycles. The smallest absolute Gasteiger partial charge is 0.276 e. The highest BCUT2D eigenvalue weighted by atomic mass is 16.5. The van der Waals surface area contributed by atoms with Gasteiger partial charge in [0.1, 0.15) is 5.75 Å². The van der Waals surface area contributed by atoms with Crippen molar-refractivity contribution < 1.29 is 14.3 Å². The number of amides is 2. The van der Waals surface area contributed by atoms with Crippen LogP contribution in [0.5, 0.6) is 5.75 Å². The van der Waals surface area contributed by atoms with Gasteiger partial charge in [-0.05, 0) is 37.3 Å². The van der Waals surface area contributed by atoms with Crippen LogP contribution in [-0.4, -0.2) is 18.4 Å². The Labute approximate surface area is 118 Å². The normalized spacial score (nSPS) is 20.1. The summed E-state index contributed by atoms with van der Waals surface area (Å²) >= 11 is 0. The van der Waals surface area contributed by atoms with Crippen molar-refractivity contribution in [2.75, 3.05) is 6.61 Å². The van der Waals surface area contributed by atoms with Crippen molar-refractivity contribution in [1.29, 1.82) is 0 Å². The number of ether oxygens (including phenoxy) is 1. The van der Waals surface area contributed by atoms with Crippen molar-refractivity contribution in [3.05, 3.63) is 29.3 Å². The van der Waals surface area contributed by atoms with E-state index in [1.807, 2.05) is 39.0 Å². The van der Waals surface area contributed by atoms with Gasteiger partial charge >= 0.3 is 0 Å². The molecule has 1 aliphatic carbocycles. The van der Waals surface area contributed by atoms with Crippen LogP contribution in [-0.2, 0) is 9.59 Å². The summed E-state index contributed by atoms with van der Waals surface area (Å²) in [6.07, 6.45) is 0.889. The van der Waals surface area contributed by atoms with Gasteiger partial charge in [0.2, 0.25) is 5.91 Å². The number of benzene rings is 1. The molecule has 1 aromatic rings. The van der Waals surface area contributed by atoms with Gasteiger partial charge in [0.15, 0.2) is 6.61 Å². The van der Waals surface area contributed by atoms with Crippen molar-refractivity contribution >= 4 is 11.8 Å². The van der Waals surface area contributed by atoms with Crippen molar-refractivity contribution in [1.82, 2.24) is 10.9 Å². The number of aryl methyl sites for hydroxylation is 2. The van der Waals surface area contributed by atoms with E-state index in [4.69, 9.17) is 4.74 Å². The molecule has 0 radical (unpaired) electrons. The van der Waals surface area contributed by atoms with Crippen LogP contribution in [0.2, 0.25) is 0 Å². The van der Waals surface area contributed by atoms with Crippen molar-refractivity contribution in [3.8, 4) is 5.75 Å². The minimum atomic E-state index is -0.366. The molecule has 0 aromatic heterocycles. The second-order valence-corrected chi connectivity index (χ2v) is 5.37. The summed E-state index contributed by atoms with van der Waals surface area (Å²) in [6, 6.07) is 5.79. The number of carbonyl (C=O) groups excluding carboxylic acids is 2. The second kappa shape index (κ2) is 5.94. The van der Waals surface area contributed by atoms with Gasteiger partial charge in [-0.3, -0.25) is 20.4 Å². The number of carbonyl (C=O) groups is 2. The summed E-state index contributed by atoms with van der Waals surface area (Å²) in [5, 5.41) is 0. The van der Waals surface area contributed by atoms with Gasteiger partial charge in [-0.15, -0.1) is 0 Å². The number of hydrogen-bond acceptors (Lipinski definition) is 3. The van der Waals surface area contributed by atoms with Crippen LogP contribution in [0.1, 0.15) is 24.5 Å². The van der Waals surface area contributed by atoms with Crippen LogP contribution in [0.25, 0.3) is 0 Å². The van der Waals surface area contributed by atoms with E-state index in [-0.39, 0.29) is 24.3 Å². The Balaban J connectivity index is 1.76. The van der Waals surface area contributed by atoms with E-state index in [0.717, 1.165) is 17.5 Å². The van der Waals surface area contributed by atoms with Gasteiger partial charge in [-0.2, -0.15) is 0 Å². The number of para-hydroxylation sites is 1. The van der Waals surface area contributed by atoms with Crippen LogP contribution >= 0.6 is 0 Å². The Morgan fingerprint density at radius 3 is 2.40 bits per heavy atom. The van der Waals surface area contributed by atoms with Crippen molar-refractivity contribution in [2.24, 2.45) is 11.8 Å². The second-order valence-electron chi connectivity index (χ2n) is 5.37. The summed E-state index contributed by atoms with van der Waals surface area (Å²) in [4.78, 5) is 23.2. The van der Waals surface area contributed by atoms with E-state index in [1.54, 1.807) is 0 Å². The molecule has 5 nitrogen and oxygen atoms in total. The SMILES string of the molecule is Cc1cccc(C)c1OCC(=O)NNC(=O)C1CC1C. The van der Waals surface area contributed by atoms with E-state index in [2.05, 4.69) is 10.9 Å². The highest BCUT2D eigenvalue weighted by molar-refractivity contribution is 5.85. The molecule has 108 valence electrons. The molecule has 2 rings (SSSR count). The molecule has 5 heteroatoms. The quantitative estimate of drug-likeness (QED) is 0.819. The molecule has 1 aliphatic rings. The van der Waals surface area contributed by atoms with E-state index < -0.39 is 0 Å². The van der Waals surface area contributed by atoms with Gasteiger partial charge in [0, 0.05) is 5.92 Å². The lowest BCUT2D eigenvalue weighted by Gasteiger charge is -2.12. The van der Waals surface area contributed by atoms with E-state index in [0.29, 0.717) is 11.7 Å². The molecule has 1 fully saturated rings. The molecule has 2 unspecified atom stereocenters. The largest absolute Gasteiger partial charge is 0.483 e. The minimum absolute atomic E-state index is 0.0369. The average Bonchev–Trinajstić information content (AvgIpc) is 3.12. The average molecular weight is 276 g/mol. The number of rotatable bonds is 4. The Kier molecular flexibility index (Phi) is 4.27. The number of nitrogens with one attached hydrogen (secondary N) is 2. The van der Waals surface area contributed by atoms with Gasteiger partial charge < -0.3 is 4.74 Å². The van der Waals surface area contributed by atoms with E-state index >= 15 is 0 Å². The molecular formula is C15H20N2O3. The molecule has 1 saturated carbocycles. The van der Waals surface area contributed by atoms with E-state index in [1.165, 1.54) is 0 Å². The van der Waals surface area contributed by atoms with Crippen molar-refractivity contribution in [3.63, 3.8) is 0 Å². The molecular weight excluding hydrogens is 256 g/mol. The maximum absolute atomic E-state index is 11.6. The lowest BCUT2D eigenvalue weighted by atomic mass is 10.1. The maximum atomic E-state index is 11.6. The molecule has 1 aromatic carbocycles. The summed E-state index contributed by atoms with van der Waals surface area (Å²) in [6.45, 7) is 5.75. The van der Waals surface area contributed by atoms with Crippen LogP contribution < -0.4 is 15.6 Å². The summed E-state index contributed by atoms with van der Waals surface area (Å²) in [5.74, 6) is 0.671. The first-order valence-electron chi connectivity index (χ1n) is 6.76. The summed E-state index contributed by atoms with van der Waals surface area (Å²) < 4.78 is 5.50. The predicted octanol–water partition coefficient (Wildman–Crippen LogP) is 1.49. The van der Waals surface area contributed by atoms with Crippen LogP contribution in [0.4, 0.5) is 0 Å². The summed E-state index contributed by atoms with van der Waals surface area (Å²) in [5.41, 5.74) is 6.75. The first-order valence-corrected chi connectivity index (χ1v) is 6.76. The fraction of sp³-hybridized carbons (Fsp3) is 0.467. The van der Waals surface area contributed by atoms with Crippen molar-refractivity contribution in [2.45, 2.75) is 27.2 Å². The zero-order chi connectivity index (χ0) is 14.7. The Hall–Kier alpha value is -2.04. The maximum Gasteiger partial charge on any atom is 0.276 e. The summed E-state index contributed by atoms with van der Waals surface area (Å²) in [7, 11) is 0. The van der Waals surface area contributed by atoms with Crippen LogP contribution in [0, 0.1) is 25.7 Å². The highest BCUT2D eigenvalue weighted by Gasteiger charge is 2.39. The molecule has 2 amide bonds. The molecule has 0 heterocycles. The first-order chi connectivity index (χ1) is 9.49. The molecule has 0 saturated heterocycles. The zero-order valence-corrected chi connectivity index (χ0v) is 12.0. The minimum Gasteiger partial charge on any atom is -0.483 e. The third-order valence-electron chi connectivity index (χ3n) is 3.53. The molecule has 0 spiro atoms. The van der Waals surface area contributed by atoms with E-state index in [9.17, 15) is 9.59 Å². The van der Waals surface area contributed by atoms with Gasteiger partial charge in [0.05, 0.1) is 0 Å². The number of hydrogen-bond donors (Lipinski definition) is 2. The molecule has 20 heavy (non-hydrogen) atoms. The molecule has 2 N–H and O–H groups in total. The fourth-order valence-corrected chi connectivity index (χ4v) is 2.11. The molecule has 2 atom stereocenters. The third kappa shape index (κ3) is 3.50. The lowest BCUT2D eigenvalue weighted by Crippen LogP contribution is -2.44. The fourth-order valence-electron chi connectivity index (χ4n) is 2.11. The Morgan fingerprint density at radius 1 is 1.25 bits per heavy atom. The lowest BCUT2D eigenvalue weighted by molar-refractivity contribution is -0.130. The zero-order valence-electron chi connectivity index (χ0n) is 12.0. The van der Waals surface area contributed by atoms with Gasteiger partial charge in [0.25, 0.3) is 5.91 Å². The van der Waals surface area contributed by atoms with Gasteiger partial charge in [-0.1, -0.05) is 25.1 Å². The Bertz CT molecular complexity index is 508. The third-order valence-corrected chi connectivity index (χ3v) is 3.53. The Morgan fingerprint density at radius 2 is 1.85 bits per heavy atom. The van der Waals surface area contributed by atoms with Crippen LogP contribution in [0.3, 0.4) is 0 Å². The predicted molar refractivity (Wildman–Crippen MR) is 75.0 cm³/mol. The highest BCUT2D eigenvalue weighted by Crippen LogP contribution is 2.37. The molecule has 0 bridgehead atoms. The monoisotopic (exact) mass is 276 g/mol. The number of hydrazine groups is 1. The standard InChI is InChI=1S/C15H20N2O3/c1-9-5-4-6-10(2)14(9)20-8-13(18)16-17-15(19)12-7-11(12)3/h4-6,11-12H,7-8H2,1-3H3,(H,16,18)(H,17,19).